The first-order chi connectivity index (χ1) is 9.76. The summed E-state index contributed by atoms with van der Waals surface area (Å²) in [5.41, 5.74) is 1.22. The predicted molar refractivity (Wildman–Crippen MR) is 90.1 cm³/mol. The van der Waals surface area contributed by atoms with Crippen LogP contribution in [0.15, 0.2) is 12.3 Å². The van der Waals surface area contributed by atoms with Gasteiger partial charge in [-0.05, 0) is 46.4 Å². The van der Waals surface area contributed by atoms with Crippen molar-refractivity contribution >= 4 is 17.4 Å². The van der Waals surface area contributed by atoms with Gasteiger partial charge in [0.2, 0.25) is 0 Å². The Bertz CT molecular complexity index is 484. The molecule has 1 aromatic heterocycles. The fraction of sp³-hybridized carbons (Fsp3) is 0.688. The average molecular weight is 311 g/mol. The fourth-order valence-corrected chi connectivity index (χ4v) is 2.72. The van der Waals surface area contributed by atoms with Gasteiger partial charge in [-0.15, -0.1) is 0 Å². The lowest BCUT2D eigenvalue weighted by Gasteiger charge is -2.38. The van der Waals surface area contributed by atoms with Crippen LogP contribution in [0.4, 0.5) is 5.82 Å². The van der Waals surface area contributed by atoms with E-state index in [0.29, 0.717) is 6.04 Å². The number of hydrogen-bond donors (Lipinski definition) is 1. The van der Waals surface area contributed by atoms with E-state index in [1.165, 1.54) is 0 Å². The highest BCUT2D eigenvalue weighted by Gasteiger charge is 2.23. The second kappa shape index (κ2) is 6.51. The molecule has 0 aromatic carbocycles. The Morgan fingerprint density at radius 3 is 2.67 bits per heavy atom. The minimum absolute atomic E-state index is 0.0953. The highest BCUT2D eigenvalue weighted by molar-refractivity contribution is 6.33. The average Bonchev–Trinajstić information content (AvgIpc) is 2.39. The van der Waals surface area contributed by atoms with Crippen molar-refractivity contribution in [1.82, 2.24) is 15.2 Å². The van der Waals surface area contributed by atoms with E-state index in [0.717, 1.165) is 42.6 Å². The van der Waals surface area contributed by atoms with Gasteiger partial charge in [0.25, 0.3) is 0 Å². The lowest BCUT2D eigenvalue weighted by Crippen LogP contribution is -2.50. The van der Waals surface area contributed by atoms with Crippen LogP contribution in [0.25, 0.3) is 0 Å². The SMILES string of the molecule is CC1CN(c2ncc(CNC(C)(C)C)cc2Cl)CCN1C. The molecule has 1 atom stereocenters. The molecular weight excluding hydrogens is 284 g/mol. The summed E-state index contributed by atoms with van der Waals surface area (Å²) in [6.07, 6.45) is 1.93. The Morgan fingerprint density at radius 2 is 2.10 bits per heavy atom. The third kappa shape index (κ3) is 4.56. The number of piperazine rings is 1. The van der Waals surface area contributed by atoms with Gasteiger partial charge in [-0.1, -0.05) is 11.6 Å². The van der Waals surface area contributed by atoms with Crippen molar-refractivity contribution in [3.05, 3.63) is 22.8 Å². The third-order valence-corrected chi connectivity index (χ3v) is 4.24. The summed E-state index contributed by atoms with van der Waals surface area (Å²) < 4.78 is 0. The van der Waals surface area contributed by atoms with E-state index in [1.54, 1.807) is 0 Å². The third-order valence-electron chi connectivity index (χ3n) is 3.96. The standard InChI is InChI=1S/C16H27ClN4/c1-12-11-21(7-6-20(12)5)15-14(17)8-13(9-18-15)10-19-16(2,3)4/h8-9,12,19H,6-7,10-11H2,1-5H3. The van der Waals surface area contributed by atoms with Crippen molar-refractivity contribution < 1.29 is 0 Å². The molecule has 0 radical (unpaired) electrons. The molecule has 21 heavy (non-hydrogen) atoms. The molecule has 0 bridgehead atoms. The molecule has 0 saturated carbocycles. The molecule has 1 N–H and O–H groups in total. The molecule has 1 unspecified atom stereocenters. The lowest BCUT2D eigenvalue weighted by molar-refractivity contribution is 0.233. The topological polar surface area (TPSA) is 31.4 Å². The van der Waals surface area contributed by atoms with Crippen LogP contribution in [-0.2, 0) is 6.54 Å². The number of nitrogens with one attached hydrogen (secondary N) is 1. The van der Waals surface area contributed by atoms with Crippen LogP contribution >= 0.6 is 11.6 Å². The van der Waals surface area contributed by atoms with Crippen molar-refractivity contribution in [3.63, 3.8) is 0 Å². The predicted octanol–water partition coefficient (Wildman–Crippen LogP) is 2.76. The first-order valence-electron chi connectivity index (χ1n) is 7.61. The highest BCUT2D eigenvalue weighted by atomic mass is 35.5. The zero-order valence-corrected chi connectivity index (χ0v) is 14.5. The molecule has 118 valence electrons. The van der Waals surface area contributed by atoms with Gasteiger partial charge in [-0.3, -0.25) is 0 Å². The molecule has 5 heteroatoms. The minimum Gasteiger partial charge on any atom is -0.353 e. The van der Waals surface area contributed by atoms with E-state index in [4.69, 9.17) is 11.6 Å². The van der Waals surface area contributed by atoms with E-state index in [9.17, 15) is 0 Å². The Hall–Kier alpha value is -0.840. The molecule has 2 rings (SSSR count). The molecule has 0 amide bonds. The van der Waals surface area contributed by atoms with E-state index < -0.39 is 0 Å². The number of aromatic nitrogens is 1. The van der Waals surface area contributed by atoms with Crippen LogP contribution in [0.3, 0.4) is 0 Å². The van der Waals surface area contributed by atoms with Gasteiger partial charge in [0.05, 0.1) is 5.02 Å². The summed E-state index contributed by atoms with van der Waals surface area (Å²) in [5, 5.41) is 4.21. The first-order valence-corrected chi connectivity index (χ1v) is 7.99. The van der Waals surface area contributed by atoms with Crippen molar-refractivity contribution in [2.45, 2.75) is 45.8 Å². The first kappa shape index (κ1) is 16.5. The van der Waals surface area contributed by atoms with Crippen molar-refractivity contribution in [1.29, 1.82) is 0 Å². The minimum atomic E-state index is 0.0953. The highest BCUT2D eigenvalue weighted by Crippen LogP contribution is 2.26. The van der Waals surface area contributed by atoms with E-state index in [1.807, 2.05) is 12.3 Å². The Morgan fingerprint density at radius 1 is 1.38 bits per heavy atom. The van der Waals surface area contributed by atoms with E-state index >= 15 is 0 Å². The number of anilines is 1. The van der Waals surface area contributed by atoms with Crippen molar-refractivity contribution in [2.24, 2.45) is 0 Å². The van der Waals surface area contributed by atoms with Crippen LogP contribution in [-0.4, -0.2) is 48.1 Å². The van der Waals surface area contributed by atoms with Crippen molar-refractivity contribution in [3.8, 4) is 0 Å². The normalized spacial score (nSPS) is 20.9. The lowest BCUT2D eigenvalue weighted by atomic mass is 10.1. The van der Waals surface area contributed by atoms with Crippen molar-refractivity contribution in [2.75, 3.05) is 31.6 Å². The largest absolute Gasteiger partial charge is 0.353 e. The van der Waals surface area contributed by atoms with Crippen LogP contribution in [0.2, 0.25) is 5.02 Å². The Labute approximate surface area is 133 Å². The summed E-state index contributed by atoms with van der Waals surface area (Å²) in [6.45, 7) is 12.5. The number of nitrogens with zero attached hydrogens (tertiary/aromatic N) is 3. The van der Waals surface area contributed by atoms with Gasteiger partial charge in [-0.25, -0.2) is 4.98 Å². The number of hydrogen-bond acceptors (Lipinski definition) is 4. The molecule has 1 fully saturated rings. The fourth-order valence-electron chi connectivity index (χ4n) is 2.41. The van der Waals surface area contributed by atoms with Crippen LogP contribution in [0.1, 0.15) is 33.3 Å². The quantitative estimate of drug-likeness (QED) is 0.930. The summed E-state index contributed by atoms with van der Waals surface area (Å²) >= 11 is 6.45. The monoisotopic (exact) mass is 310 g/mol. The molecule has 1 aliphatic rings. The molecule has 1 aromatic rings. The Kier molecular flexibility index (Phi) is 5.12. The molecule has 0 aliphatic carbocycles. The van der Waals surface area contributed by atoms with Gasteiger partial charge >= 0.3 is 0 Å². The van der Waals surface area contributed by atoms with Gasteiger partial charge < -0.3 is 15.1 Å². The molecule has 1 aliphatic heterocycles. The molecule has 1 saturated heterocycles. The van der Waals surface area contributed by atoms with Crippen LogP contribution in [0, 0.1) is 0 Å². The molecule has 2 heterocycles. The molecule has 0 spiro atoms. The molecular formula is C16H27ClN4. The summed E-state index contributed by atoms with van der Waals surface area (Å²) in [5.74, 6) is 0.913. The summed E-state index contributed by atoms with van der Waals surface area (Å²) in [4.78, 5) is 9.25. The summed E-state index contributed by atoms with van der Waals surface area (Å²) in [7, 11) is 2.16. The number of rotatable bonds is 3. The maximum atomic E-state index is 6.45. The van der Waals surface area contributed by atoms with Gasteiger partial charge in [0.1, 0.15) is 5.82 Å². The number of pyridine rings is 1. The zero-order valence-electron chi connectivity index (χ0n) is 13.8. The van der Waals surface area contributed by atoms with E-state index in [-0.39, 0.29) is 5.54 Å². The van der Waals surface area contributed by atoms with Crippen LogP contribution in [0.5, 0.6) is 0 Å². The summed E-state index contributed by atoms with van der Waals surface area (Å²) in [6, 6.07) is 2.56. The van der Waals surface area contributed by atoms with E-state index in [2.05, 4.69) is 54.8 Å². The smallest absolute Gasteiger partial charge is 0.147 e. The zero-order chi connectivity index (χ0) is 15.6. The maximum Gasteiger partial charge on any atom is 0.147 e. The second-order valence-electron chi connectivity index (χ2n) is 7.03. The Balaban J connectivity index is 2.05. The number of likely N-dealkylation sites (N-methyl/N-ethyl adjacent to an activating group) is 1. The van der Waals surface area contributed by atoms with Crippen LogP contribution < -0.4 is 10.2 Å². The number of halogens is 1. The maximum absolute atomic E-state index is 6.45. The van der Waals surface area contributed by atoms with Gasteiger partial charge in [0, 0.05) is 44.0 Å². The second-order valence-corrected chi connectivity index (χ2v) is 7.44. The molecule has 4 nitrogen and oxygen atoms in total. The van der Waals surface area contributed by atoms with Gasteiger partial charge in [-0.2, -0.15) is 0 Å². The van der Waals surface area contributed by atoms with Gasteiger partial charge in [0.15, 0.2) is 0 Å².